The minimum absolute atomic E-state index is 0.103. The van der Waals surface area contributed by atoms with E-state index in [2.05, 4.69) is 4.72 Å². The molecule has 0 spiro atoms. The molecule has 3 rings (SSSR count). The number of hydrogen-bond acceptors (Lipinski definition) is 5. The van der Waals surface area contributed by atoms with Gasteiger partial charge in [-0.2, -0.15) is 0 Å². The first-order valence-electron chi connectivity index (χ1n) is 9.71. The summed E-state index contributed by atoms with van der Waals surface area (Å²) in [6, 6.07) is 3.76. The standard InChI is InChI=1S/C20H30ClNO4S/c1-20(2,3)27(23)22-17(7-8-19-25-10-5-11-26-19)16-12-14(21)13-18-15(16)6-4-9-24-18/h12-13,17,19,22H,4-11H2,1-3H3/t17-,27?/m0/s1. The highest BCUT2D eigenvalue weighted by atomic mass is 35.5. The molecule has 0 aliphatic carbocycles. The summed E-state index contributed by atoms with van der Waals surface area (Å²) in [6.45, 7) is 8.09. The normalized spacial score (nSPS) is 20.6. The first-order valence-corrected chi connectivity index (χ1v) is 11.2. The monoisotopic (exact) mass is 415 g/mol. The summed E-state index contributed by atoms with van der Waals surface area (Å²) < 4.78 is 33.0. The molecule has 1 N–H and O–H groups in total. The molecule has 2 aliphatic heterocycles. The Morgan fingerprint density at radius 2 is 1.96 bits per heavy atom. The lowest BCUT2D eigenvalue weighted by Gasteiger charge is -2.31. The Hall–Kier alpha value is -0.500. The summed E-state index contributed by atoms with van der Waals surface area (Å²) in [5.41, 5.74) is 2.24. The van der Waals surface area contributed by atoms with Gasteiger partial charge in [-0.05, 0) is 69.7 Å². The van der Waals surface area contributed by atoms with Gasteiger partial charge in [0.2, 0.25) is 0 Å². The van der Waals surface area contributed by atoms with Crippen molar-refractivity contribution in [3.63, 3.8) is 0 Å². The average molecular weight is 416 g/mol. The van der Waals surface area contributed by atoms with Gasteiger partial charge in [0.25, 0.3) is 0 Å². The van der Waals surface area contributed by atoms with Gasteiger partial charge in [0.1, 0.15) is 10.5 Å². The van der Waals surface area contributed by atoms with E-state index in [1.807, 2.05) is 32.9 Å². The quantitative estimate of drug-likeness (QED) is 0.701. The molecule has 0 radical (unpaired) electrons. The van der Waals surface area contributed by atoms with Gasteiger partial charge in [0.05, 0.1) is 25.9 Å². The molecule has 1 unspecified atom stereocenters. The summed E-state index contributed by atoms with van der Waals surface area (Å²) in [5.74, 6) is 0.849. The SMILES string of the molecule is CC(C)(C)[S+]([O-])N[C@@H](CCC1OCCCO1)c1cc(Cl)cc2c1CCCO2. The van der Waals surface area contributed by atoms with Crippen LogP contribution in [0.5, 0.6) is 5.75 Å². The first-order chi connectivity index (χ1) is 12.8. The second-order valence-corrected chi connectivity index (χ2v) is 10.5. The number of ether oxygens (including phenoxy) is 3. The van der Waals surface area contributed by atoms with Crippen LogP contribution < -0.4 is 9.46 Å². The number of nitrogens with one attached hydrogen (secondary N) is 1. The summed E-state index contributed by atoms with van der Waals surface area (Å²) in [6.07, 6.45) is 4.15. The fourth-order valence-electron chi connectivity index (χ4n) is 3.36. The van der Waals surface area contributed by atoms with Crippen LogP contribution in [0.2, 0.25) is 5.02 Å². The first kappa shape index (κ1) is 21.2. The molecule has 152 valence electrons. The van der Waals surface area contributed by atoms with Gasteiger partial charge in [0, 0.05) is 22.8 Å². The van der Waals surface area contributed by atoms with Crippen molar-refractivity contribution < 1.29 is 18.8 Å². The molecule has 2 aliphatic rings. The van der Waals surface area contributed by atoms with E-state index >= 15 is 0 Å². The molecule has 0 bridgehead atoms. The van der Waals surface area contributed by atoms with Crippen LogP contribution in [0.25, 0.3) is 0 Å². The fraction of sp³-hybridized carbons (Fsp3) is 0.700. The van der Waals surface area contributed by atoms with Crippen LogP contribution in [0.4, 0.5) is 0 Å². The van der Waals surface area contributed by atoms with E-state index in [1.54, 1.807) is 0 Å². The zero-order valence-corrected chi connectivity index (χ0v) is 18.0. The Kier molecular flexibility index (Phi) is 7.33. The molecule has 1 fully saturated rings. The zero-order valence-electron chi connectivity index (χ0n) is 16.4. The maximum atomic E-state index is 12.8. The summed E-state index contributed by atoms with van der Waals surface area (Å²) >= 11 is 5.17. The van der Waals surface area contributed by atoms with Crippen molar-refractivity contribution in [1.29, 1.82) is 0 Å². The molecule has 27 heavy (non-hydrogen) atoms. The third kappa shape index (κ3) is 5.75. The van der Waals surface area contributed by atoms with Crippen molar-refractivity contribution in [2.24, 2.45) is 0 Å². The molecule has 0 saturated carbocycles. The number of rotatable bonds is 6. The van der Waals surface area contributed by atoms with Gasteiger partial charge < -0.3 is 18.8 Å². The predicted octanol–water partition coefficient (Wildman–Crippen LogP) is 4.30. The lowest BCUT2D eigenvalue weighted by atomic mass is 9.93. The molecule has 0 aromatic heterocycles. The Balaban J connectivity index is 1.83. The average Bonchev–Trinajstić information content (AvgIpc) is 2.64. The topological polar surface area (TPSA) is 62.8 Å². The largest absolute Gasteiger partial charge is 0.598 e. The van der Waals surface area contributed by atoms with E-state index in [-0.39, 0.29) is 17.1 Å². The van der Waals surface area contributed by atoms with Crippen LogP contribution in [-0.4, -0.2) is 35.4 Å². The van der Waals surface area contributed by atoms with Crippen LogP contribution >= 0.6 is 11.6 Å². The van der Waals surface area contributed by atoms with Crippen LogP contribution in [0.3, 0.4) is 0 Å². The predicted molar refractivity (Wildman–Crippen MR) is 109 cm³/mol. The fourth-order valence-corrected chi connectivity index (χ4v) is 4.43. The van der Waals surface area contributed by atoms with Crippen LogP contribution in [0.15, 0.2) is 12.1 Å². The molecular weight excluding hydrogens is 386 g/mol. The molecule has 0 amide bonds. The lowest BCUT2D eigenvalue weighted by molar-refractivity contribution is -0.182. The van der Waals surface area contributed by atoms with E-state index in [1.165, 1.54) is 5.56 Å². The van der Waals surface area contributed by atoms with E-state index in [0.717, 1.165) is 56.6 Å². The van der Waals surface area contributed by atoms with Crippen molar-refractivity contribution in [3.05, 3.63) is 28.3 Å². The second-order valence-electron chi connectivity index (χ2n) is 8.08. The van der Waals surface area contributed by atoms with Crippen molar-refractivity contribution >= 4 is 23.0 Å². The van der Waals surface area contributed by atoms with Gasteiger partial charge in [-0.25, -0.2) is 0 Å². The highest BCUT2D eigenvalue weighted by Gasteiger charge is 2.32. The third-order valence-electron chi connectivity index (χ3n) is 4.81. The molecule has 7 heteroatoms. The highest BCUT2D eigenvalue weighted by Crippen LogP contribution is 2.37. The minimum atomic E-state index is -1.20. The van der Waals surface area contributed by atoms with Gasteiger partial charge in [0.15, 0.2) is 6.29 Å². The van der Waals surface area contributed by atoms with E-state index in [0.29, 0.717) is 11.6 Å². The Morgan fingerprint density at radius 3 is 2.67 bits per heavy atom. The van der Waals surface area contributed by atoms with Gasteiger partial charge in [-0.3, -0.25) is 0 Å². The van der Waals surface area contributed by atoms with Crippen LogP contribution in [-0.2, 0) is 27.3 Å². The molecule has 2 atom stereocenters. The number of halogens is 1. The van der Waals surface area contributed by atoms with Crippen LogP contribution in [0, 0.1) is 0 Å². The van der Waals surface area contributed by atoms with Crippen LogP contribution in [0.1, 0.15) is 63.6 Å². The zero-order chi connectivity index (χ0) is 19.4. The number of fused-ring (bicyclic) bond motifs is 1. The summed E-state index contributed by atoms with van der Waals surface area (Å²) in [4.78, 5) is 0. The van der Waals surface area contributed by atoms with Crippen molar-refractivity contribution in [1.82, 2.24) is 4.72 Å². The molecule has 2 heterocycles. The summed E-state index contributed by atoms with van der Waals surface area (Å²) in [5, 5.41) is 0.643. The van der Waals surface area contributed by atoms with Gasteiger partial charge in [-0.15, -0.1) is 4.72 Å². The molecular formula is C20H30ClNO4S. The van der Waals surface area contributed by atoms with E-state index in [4.69, 9.17) is 25.8 Å². The van der Waals surface area contributed by atoms with Gasteiger partial charge >= 0.3 is 0 Å². The van der Waals surface area contributed by atoms with E-state index in [9.17, 15) is 4.55 Å². The smallest absolute Gasteiger partial charge is 0.157 e. The Labute approximate surface area is 170 Å². The lowest BCUT2D eigenvalue weighted by Crippen LogP contribution is -2.42. The minimum Gasteiger partial charge on any atom is -0.598 e. The molecule has 1 aromatic carbocycles. The Bertz CT molecular complexity index is 631. The number of hydrogen-bond donors (Lipinski definition) is 1. The highest BCUT2D eigenvalue weighted by molar-refractivity contribution is 7.90. The van der Waals surface area contributed by atoms with Crippen molar-refractivity contribution in [2.75, 3.05) is 19.8 Å². The second kappa shape index (κ2) is 9.33. The molecule has 5 nitrogen and oxygen atoms in total. The van der Waals surface area contributed by atoms with Crippen molar-refractivity contribution in [3.8, 4) is 5.75 Å². The maximum absolute atomic E-state index is 12.8. The molecule has 1 aromatic rings. The van der Waals surface area contributed by atoms with E-state index < -0.39 is 11.4 Å². The maximum Gasteiger partial charge on any atom is 0.157 e. The third-order valence-corrected chi connectivity index (χ3v) is 6.63. The van der Waals surface area contributed by atoms with Gasteiger partial charge in [-0.1, -0.05) is 11.6 Å². The Morgan fingerprint density at radius 1 is 1.22 bits per heavy atom. The summed E-state index contributed by atoms with van der Waals surface area (Å²) in [7, 11) is 0. The number of benzene rings is 1. The molecule has 1 saturated heterocycles. The van der Waals surface area contributed by atoms with Crippen molar-refractivity contribution in [2.45, 2.75) is 70.0 Å².